The van der Waals surface area contributed by atoms with Gasteiger partial charge in [-0.2, -0.15) is 0 Å². The first-order valence-corrected chi connectivity index (χ1v) is 8.97. The van der Waals surface area contributed by atoms with Gasteiger partial charge >= 0.3 is 0 Å². The van der Waals surface area contributed by atoms with Crippen LogP contribution in [0.4, 0.5) is 5.69 Å². The number of nitrogens with one attached hydrogen (secondary N) is 1. The first kappa shape index (κ1) is 20.4. The maximum atomic E-state index is 12.4. The minimum atomic E-state index is -0.268. The highest BCUT2D eigenvalue weighted by Crippen LogP contribution is 2.14. The van der Waals surface area contributed by atoms with Crippen LogP contribution in [-0.2, 0) is 9.59 Å². The van der Waals surface area contributed by atoms with Crippen molar-refractivity contribution in [3.05, 3.63) is 64.7 Å². The van der Waals surface area contributed by atoms with Crippen molar-refractivity contribution in [2.75, 3.05) is 18.9 Å². The van der Waals surface area contributed by atoms with Crippen LogP contribution in [0.2, 0.25) is 0 Å². The van der Waals surface area contributed by atoms with Crippen molar-refractivity contribution >= 4 is 23.3 Å². The quantitative estimate of drug-likeness (QED) is 0.760. The summed E-state index contributed by atoms with van der Waals surface area (Å²) >= 11 is 0. The lowest BCUT2D eigenvalue weighted by molar-refractivity contribution is -0.133. The van der Waals surface area contributed by atoms with E-state index < -0.39 is 0 Å². The molecule has 0 saturated heterocycles. The van der Waals surface area contributed by atoms with Crippen LogP contribution in [0.3, 0.4) is 0 Å². The van der Waals surface area contributed by atoms with Crippen LogP contribution in [0, 0.1) is 20.8 Å². The van der Waals surface area contributed by atoms with Crippen molar-refractivity contribution in [1.29, 1.82) is 0 Å². The third-order valence-corrected chi connectivity index (χ3v) is 4.40. The van der Waals surface area contributed by atoms with E-state index in [1.54, 1.807) is 7.05 Å². The zero-order chi connectivity index (χ0) is 20.0. The van der Waals surface area contributed by atoms with Gasteiger partial charge in [-0.1, -0.05) is 35.4 Å². The molecule has 2 rings (SSSR count). The smallest absolute Gasteiger partial charge is 0.243 e. The lowest BCUT2D eigenvalue weighted by Crippen LogP contribution is -2.35. The molecule has 5 heteroatoms. The molecule has 2 aromatic carbocycles. The van der Waals surface area contributed by atoms with Gasteiger partial charge < -0.3 is 10.2 Å². The van der Waals surface area contributed by atoms with Crippen molar-refractivity contribution in [2.45, 2.75) is 33.6 Å². The van der Waals surface area contributed by atoms with E-state index in [9.17, 15) is 14.4 Å². The topological polar surface area (TPSA) is 66.5 Å². The lowest BCUT2D eigenvalue weighted by Gasteiger charge is -2.17. The minimum Gasteiger partial charge on any atom is -0.336 e. The molecule has 1 N–H and O–H groups in total. The molecule has 0 aliphatic carbocycles. The molecule has 27 heavy (non-hydrogen) atoms. The number of hydrogen-bond acceptors (Lipinski definition) is 3. The maximum Gasteiger partial charge on any atom is 0.243 e. The highest BCUT2D eigenvalue weighted by atomic mass is 16.2. The summed E-state index contributed by atoms with van der Waals surface area (Å²) in [4.78, 5) is 38.1. The van der Waals surface area contributed by atoms with Crippen molar-refractivity contribution in [3.8, 4) is 0 Å². The van der Waals surface area contributed by atoms with Gasteiger partial charge in [0.15, 0.2) is 5.78 Å². The number of anilines is 1. The Morgan fingerprint density at radius 3 is 2.19 bits per heavy atom. The van der Waals surface area contributed by atoms with Crippen LogP contribution >= 0.6 is 0 Å². The molecule has 0 fully saturated rings. The van der Waals surface area contributed by atoms with E-state index in [4.69, 9.17) is 0 Å². The number of carbonyl (C=O) groups is 3. The van der Waals surface area contributed by atoms with E-state index in [-0.39, 0.29) is 37.0 Å². The number of ketones is 1. The molecule has 142 valence electrons. The largest absolute Gasteiger partial charge is 0.336 e. The van der Waals surface area contributed by atoms with Gasteiger partial charge in [-0.15, -0.1) is 0 Å². The molecule has 0 spiro atoms. The second kappa shape index (κ2) is 9.12. The summed E-state index contributed by atoms with van der Waals surface area (Å²) in [6, 6.07) is 13.2. The van der Waals surface area contributed by atoms with Gasteiger partial charge in [-0.05, 0) is 44.5 Å². The molecule has 2 amide bonds. The van der Waals surface area contributed by atoms with Gasteiger partial charge in [-0.25, -0.2) is 0 Å². The first-order chi connectivity index (χ1) is 12.8. The van der Waals surface area contributed by atoms with Gasteiger partial charge in [0.1, 0.15) is 0 Å². The fourth-order valence-electron chi connectivity index (χ4n) is 2.72. The number of carbonyl (C=O) groups excluding carboxylic acids is 3. The summed E-state index contributed by atoms with van der Waals surface area (Å²) in [5, 5.41) is 2.76. The van der Waals surface area contributed by atoms with Crippen LogP contribution in [0.5, 0.6) is 0 Å². The highest BCUT2D eigenvalue weighted by molar-refractivity contribution is 6.00. The molecule has 0 aromatic heterocycles. The van der Waals surface area contributed by atoms with Gasteiger partial charge in [0.2, 0.25) is 11.8 Å². The van der Waals surface area contributed by atoms with Gasteiger partial charge in [0, 0.05) is 31.1 Å². The molecular formula is C22H26N2O3. The molecule has 0 bridgehead atoms. The van der Waals surface area contributed by atoms with E-state index in [0.717, 1.165) is 16.7 Å². The summed E-state index contributed by atoms with van der Waals surface area (Å²) in [6.45, 7) is 5.74. The average molecular weight is 366 g/mol. The molecule has 0 aliphatic heterocycles. The predicted molar refractivity (Wildman–Crippen MR) is 107 cm³/mol. The molecule has 0 radical (unpaired) electrons. The second-order valence-corrected chi connectivity index (χ2v) is 6.91. The number of benzene rings is 2. The monoisotopic (exact) mass is 366 g/mol. The Hall–Kier alpha value is -2.95. The molecule has 2 aromatic rings. The minimum absolute atomic E-state index is 0.0512. The Bertz CT molecular complexity index is 841. The second-order valence-electron chi connectivity index (χ2n) is 6.91. The Morgan fingerprint density at radius 2 is 1.52 bits per heavy atom. The first-order valence-electron chi connectivity index (χ1n) is 8.97. The maximum absolute atomic E-state index is 12.4. The third kappa shape index (κ3) is 6.06. The number of rotatable bonds is 7. The number of nitrogens with zero attached hydrogens (tertiary/aromatic N) is 1. The van der Waals surface area contributed by atoms with E-state index >= 15 is 0 Å². The SMILES string of the molecule is Cc1ccc(NC(=O)CN(C)C(=O)CCC(=O)c2cc(C)ccc2C)cc1. The van der Waals surface area contributed by atoms with Crippen LogP contribution < -0.4 is 5.32 Å². The predicted octanol–water partition coefficient (Wildman–Crippen LogP) is 3.67. The Balaban J connectivity index is 1.84. The number of hydrogen-bond donors (Lipinski definition) is 1. The number of Topliss-reactive ketones (excluding diaryl/α,β-unsaturated/α-hetero) is 1. The summed E-state index contributed by atoms with van der Waals surface area (Å²) in [5.74, 6) is -0.551. The van der Waals surface area contributed by atoms with Crippen LogP contribution in [-0.4, -0.2) is 36.1 Å². The van der Waals surface area contributed by atoms with Crippen molar-refractivity contribution < 1.29 is 14.4 Å². The van der Waals surface area contributed by atoms with E-state index in [1.165, 1.54) is 4.90 Å². The summed E-state index contributed by atoms with van der Waals surface area (Å²) in [5.41, 5.74) is 4.37. The standard InChI is InChI=1S/C22H26N2O3/c1-15-6-9-18(10-7-15)23-21(26)14-24(4)22(27)12-11-20(25)19-13-16(2)5-8-17(19)3/h5-10,13H,11-12,14H2,1-4H3,(H,23,26). The van der Waals surface area contributed by atoms with Crippen molar-refractivity contribution in [3.63, 3.8) is 0 Å². The molecular weight excluding hydrogens is 340 g/mol. The van der Waals surface area contributed by atoms with E-state index in [0.29, 0.717) is 11.3 Å². The van der Waals surface area contributed by atoms with Gasteiger partial charge in [0.05, 0.1) is 6.54 Å². The van der Waals surface area contributed by atoms with Crippen molar-refractivity contribution in [1.82, 2.24) is 4.90 Å². The third-order valence-electron chi connectivity index (χ3n) is 4.40. The molecule has 0 heterocycles. The zero-order valence-corrected chi connectivity index (χ0v) is 16.3. The number of amides is 2. The number of aryl methyl sites for hydroxylation is 3. The summed E-state index contributed by atoms with van der Waals surface area (Å²) in [6.07, 6.45) is 0.216. The van der Waals surface area contributed by atoms with Crippen molar-refractivity contribution in [2.24, 2.45) is 0 Å². The summed E-state index contributed by atoms with van der Waals surface area (Å²) in [7, 11) is 1.57. The molecule has 0 atom stereocenters. The molecule has 0 saturated carbocycles. The number of likely N-dealkylation sites (N-methyl/N-ethyl adjacent to an activating group) is 1. The summed E-state index contributed by atoms with van der Waals surface area (Å²) < 4.78 is 0. The molecule has 0 aliphatic rings. The average Bonchev–Trinajstić information content (AvgIpc) is 2.63. The van der Waals surface area contributed by atoms with E-state index in [2.05, 4.69) is 5.32 Å². The Morgan fingerprint density at radius 1 is 0.889 bits per heavy atom. The van der Waals surface area contributed by atoms with Gasteiger partial charge in [0.25, 0.3) is 0 Å². The Kier molecular flexibility index (Phi) is 6.88. The van der Waals surface area contributed by atoms with Crippen LogP contribution in [0.25, 0.3) is 0 Å². The van der Waals surface area contributed by atoms with Gasteiger partial charge in [-0.3, -0.25) is 14.4 Å². The fourth-order valence-corrected chi connectivity index (χ4v) is 2.72. The lowest BCUT2D eigenvalue weighted by atomic mass is 9.99. The van der Waals surface area contributed by atoms with E-state index in [1.807, 2.05) is 63.2 Å². The highest BCUT2D eigenvalue weighted by Gasteiger charge is 2.16. The van der Waals surface area contributed by atoms with Crippen LogP contribution in [0.1, 0.15) is 39.9 Å². The molecule has 0 unspecified atom stereocenters. The Labute approximate surface area is 160 Å². The van der Waals surface area contributed by atoms with Crippen LogP contribution in [0.15, 0.2) is 42.5 Å². The normalized spacial score (nSPS) is 10.4. The molecule has 5 nitrogen and oxygen atoms in total. The fraction of sp³-hybridized carbons (Fsp3) is 0.318. The zero-order valence-electron chi connectivity index (χ0n) is 16.3.